The van der Waals surface area contributed by atoms with Crippen LogP contribution in [0.15, 0.2) is 23.1 Å². The van der Waals surface area contributed by atoms with Crippen LogP contribution < -0.4 is 10.9 Å². The zero-order valence-corrected chi connectivity index (χ0v) is 12.3. The maximum atomic E-state index is 12.3. The minimum Gasteiger partial charge on any atom is -0.338 e. The third-order valence-corrected chi connectivity index (χ3v) is 3.53. The first-order valence-electron chi connectivity index (χ1n) is 7.01. The molecular formula is C14H20N4O3. The molecule has 1 aromatic heterocycles. The van der Waals surface area contributed by atoms with Crippen molar-refractivity contribution >= 4 is 11.9 Å². The van der Waals surface area contributed by atoms with Crippen LogP contribution in [0.4, 0.5) is 4.79 Å². The number of hydrogen-bond donors (Lipinski definition) is 1. The van der Waals surface area contributed by atoms with Crippen LogP contribution in [0.3, 0.4) is 0 Å². The number of urea groups is 1. The van der Waals surface area contributed by atoms with Gasteiger partial charge in [0.25, 0.3) is 11.5 Å². The summed E-state index contributed by atoms with van der Waals surface area (Å²) in [6.45, 7) is 4.42. The van der Waals surface area contributed by atoms with Gasteiger partial charge in [-0.15, -0.1) is 0 Å². The normalized spacial score (nSPS) is 15.0. The molecule has 1 N–H and O–H groups in total. The largest absolute Gasteiger partial charge is 0.338 e. The Labute approximate surface area is 123 Å². The standard InChI is InChI=1S/C14H20N4O3/c1-3-15-14(21)18-8-6-17(7-9-18)13(20)11-4-5-16(2)12(19)10-11/h4-5,10H,3,6-9H2,1-2H3,(H,15,21). The quantitative estimate of drug-likeness (QED) is 0.825. The van der Waals surface area contributed by atoms with Crippen LogP contribution in [-0.4, -0.2) is 59.0 Å². The van der Waals surface area contributed by atoms with E-state index in [1.807, 2.05) is 6.92 Å². The Morgan fingerprint density at radius 2 is 1.81 bits per heavy atom. The van der Waals surface area contributed by atoms with Gasteiger partial charge in [0.1, 0.15) is 0 Å². The Morgan fingerprint density at radius 3 is 2.38 bits per heavy atom. The van der Waals surface area contributed by atoms with Crippen LogP contribution in [0.5, 0.6) is 0 Å². The second-order valence-corrected chi connectivity index (χ2v) is 4.98. The number of nitrogens with one attached hydrogen (secondary N) is 1. The van der Waals surface area contributed by atoms with E-state index < -0.39 is 0 Å². The monoisotopic (exact) mass is 292 g/mol. The first-order chi connectivity index (χ1) is 10.0. The number of aromatic nitrogens is 1. The lowest BCUT2D eigenvalue weighted by Crippen LogP contribution is -2.53. The molecule has 1 aliphatic rings. The number of hydrogen-bond acceptors (Lipinski definition) is 3. The third kappa shape index (κ3) is 3.42. The predicted octanol–water partition coefficient (Wildman–Crippen LogP) is -0.127. The average Bonchev–Trinajstić information content (AvgIpc) is 2.50. The Kier molecular flexibility index (Phi) is 4.62. The van der Waals surface area contributed by atoms with Crippen LogP contribution >= 0.6 is 0 Å². The van der Waals surface area contributed by atoms with Gasteiger partial charge in [0, 0.05) is 57.6 Å². The fourth-order valence-corrected chi connectivity index (χ4v) is 2.24. The molecular weight excluding hydrogens is 272 g/mol. The summed E-state index contributed by atoms with van der Waals surface area (Å²) in [5, 5.41) is 2.74. The van der Waals surface area contributed by atoms with E-state index in [0.29, 0.717) is 38.3 Å². The van der Waals surface area contributed by atoms with Crippen LogP contribution in [-0.2, 0) is 7.05 Å². The van der Waals surface area contributed by atoms with E-state index in [9.17, 15) is 14.4 Å². The first kappa shape index (κ1) is 15.1. The van der Waals surface area contributed by atoms with Gasteiger partial charge in [-0.1, -0.05) is 0 Å². The summed E-state index contributed by atoms with van der Waals surface area (Å²) in [6, 6.07) is 2.89. The zero-order chi connectivity index (χ0) is 15.4. The van der Waals surface area contributed by atoms with E-state index in [-0.39, 0.29) is 17.5 Å². The van der Waals surface area contributed by atoms with Gasteiger partial charge >= 0.3 is 6.03 Å². The molecule has 3 amide bonds. The molecule has 2 heterocycles. The van der Waals surface area contributed by atoms with Crippen molar-refractivity contribution in [2.45, 2.75) is 6.92 Å². The predicted molar refractivity (Wildman–Crippen MR) is 78.2 cm³/mol. The van der Waals surface area contributed by atoms with Crippen LogP contribution in [0.2, 0.25) is 0 Å². The van der Waals surface area contributed by atoms with Crippen molar-refractivity contribution in [1.82, 2.24) is 19.7 Å². The lowest BCUT2D eigenvalue weighted by atomic mass is 10.2. The number of amides is 3. The molecule has 1 aliphatic heterocycles. The summed E-state index contributed by atoms with van der Waals surface area (Å²) in [6.07, 6.45) is 1.58. The highest BCUT2D eigenvalue weighted by Crippen LogP contribution is 2.07. The van der Waals surface area contributed by atoms with Crippen molar-refractivity contribution in [2.24, 2.45) is 7.05 Å². The van der Waals surface area contributed by atoms with E-state index in [0.717, 1.165) is 0 Å². The number of carbonyl (C=O) groups excluding carboxylic acids is 2. The van der Waals surface area contributed by atoms with Gasteiger partial charge in [-0.25, -0.2) is 4.79 Å². The minimum absolute atomic E-state index is 0.0989. The van der Waals surface area contributed by atoms with E-state index >= 15 is 0 Å². The SMILES string of the molecule is CCNC(=O)N1CCN(C(=O)c2ccn(C)c(=O)c2)CC1. The Bertz CT molecular complexity index is 588. The lowest BCUT2D eigenvalue weighted by Gasteiger charge is -2.34. The second-order valence-electron chi connectivity index (χ2n) is 4.98. The Hall–Kier alpha value is -2.31. The molecule has 1 fully saturated rings. The molecule has 0 aromatic carbocycles. The Morgan fingerprint density at radius 1 is 1.19 bits per heavy atom. The minimum atomic E-state index is -0.207. The van der Waals surface area contributed by atoms with Gasteiger partial charge in [0.2, 0.25) is 0 Å². The number of piperazine rings is 1. The summed E-state index contributed by atoms with van der Waals surface area (Å²) in [4.78, 5) is 39.0. The number of aryl methyl sites for hydroxylation is 1. The molecule has 1 aromatic rings. The van der Waals surface area contributed by atoms with Crippen molar-refractivity contribution in [1.29, 1.82) is 0 Å². The maximum Gasteiger partial charge on any atom is 0.317 e. The molecule has 0 saturated carbocycles. The summed E-state index contributed by atoms with van der Waals surface area (Å²) < 4.78 is 1.42. The molecule has 0 aliphatic carbocycles. The number of rotatable bonds is 2. The van der Waals surface area contributed by atoms with E-state index in [4.69, 9.17) is 0 Å². The molecule has 0 radical (unpaired) electrons. The van der Waals surface area contributed by atoms with Gasteiger partial charge in [-0.2, -0.15) is 0 Å². The highest BCUT2D eigenvalue weighted by molar-refractivity contribution is 5.94. The summed E-state index contributed by atoms with van der Waals surface area (Å²) in [7, 11) is 1.64. The van der Waals surface area contributed by atoms with Crippen molar-refractivity contribution < 1.29 is 9.59 Å². The summed E-state index contributed by atoms with van der Waals surface area (Å²) in [5.74, 6) is -0.164. The van der Waals surface area contributed by atoms with Gasteiger partial charge in [-0.3, -0.25) is 9.59 Å². The fraction of sp³-hybridized carbons (Fsp3) is 0.500. The van der Waals surface area contributed by atoms with Crippen molar-refractivity contribution in [2.75, 3.05) is 32.7 Å². The highest BCUT2D eigenvalue weighted by atomic mass is 16.2. The topological polar surface area (TPSA) is 74.7 Å². The lowest BCUT2D eigenvalue weighted by molar-refractivity contribution is 0.0665. The van der Waals surface area contributed by atoms with Gasteiger partial charge < -0.3 is 19.7 Å². The fourth-order valence-electron chi connectivity index (χ4n) is 2.24. The number of nitrogens with zero attached hydrogens (tertiary/aromatic N) is 3. The van der Waals surface area contributed by atoms with E-state index in [1.165, 1.54) is 10.6 Å². The molecule has 0 unspecified atom stereocenters. The maximum absolute atomic E-state index is 12.3. The molecule has 21 heavy (non-hydrogen) atoms. The van der Waals surface area contributed by atoms with Gasteiger partial charge in [0.15, 0.2) is 0 Å². The van der Waals surface area contributed by atoms with Crippen molar-refractivity contribution in [3.8, 4) is 0 Å². The average molecular weight is 292 g/mol. The van der Waals surface area contributed by atoms with Crippen LogP contribution in [0, 0.1) is 0 Å². The molecule has 114 valence electrons. The molecule has 0 bridgehead atoms. The molecule has 0 atom stereocenters. The number of carbonyl (C=O) groups is 2. The summed E-state index contributed by atoms with van der Waals surface area (Å²) in [5.41, 5.74) is 0.186. The highest BCUT2D eigenvalue weighted by Gasteiger charge is 2.24. The van der Waals surface area contributed by atoms with Crippen molar-refractivity contribution in [3.63, 3.8) is 0 Å². The van der Waals surface area contributed by atoms with Crippen LogP contribution in [0.1, 0.15) is 17.3 Å². The molecule has 7 nitrogen and oxygen atoms in total. The molecule has 0 spiro atoms. The second kappa shape index (κ2) is 6.43. The Balaban J connectivity index is 1.98. The third-order valence-electron chi connectivity index (χ3n) is 3.53. The number of pyridine rings is 1. The van der Waals surface area contributed by atoms with Crippen LogP contribution in [0.25, 0.3) is 0 Å². The van der Waals surface area contributed by atoms with Crippen molar-refractivity contribution in [3.05, 3.63) is 34.2 Å². The smallest absolute Gasteiger partial charge is 0.317 e. The molecule has 2 rings (SSSR count). The zero-order valence-electron chi connectivity index (χ0n) is 12.3. The van der Waals surface area contributed by atoms with E-state index in [2.05, 4.69) is 5.32 Å². The van der Waals surface area contributed by atoms with Gasteiger partial charge in [0.05, 0.1) is 0 Å². The van der Waals surface area contributed by atoms with Gasteiger partial charge in [-0.05, 0) is 13.0 Å². The first-order valence-corrected chi connectivity index (χ1v) is 7.01. The summed E-state index contributed by atoms with van der Waals surface area (Å²) >= 11 is 0. The molecule has 1 saturated heterocycles. The van der Waals surface area contributed by atoms with E-state index in [1.54, 1.807) is 29.1 Å². The molecule has 7 heteroatoms.